The van der Waals surface area contributed by atoms with Gasteiger partial charge >= 0.3 is 0 Å². The summed E-state index contributed by atoms with van der Waals surface area (Å²) < 4.78 is 0. The van der Waals surface area contributed by atoms with Crippen molar-refractivity contribution in [1.29, 1.82) is 0 Å². The number of carbonyl (C=O) groups is 2. The maximum Gasteiger partial charge on any atom is 0.255 e. The van der Waals surface area contributed by atoms with E-state index < -0.39 is 0 Å². The number of carbonyl (C=O) groups excluding carboxylic acids is 2. The highest BCUT2D eigenvalue weighted by molar-refractivity contribution is 6.24. The van der Waals surface area contributed by atoms with Gasteiger partial charge in [-0.05, 0) is 69.6 Å². The number of likely N-dealkylation sites (tertiary alicyclic amines) is 1. The minimum atomic E-state index is -0.356. The van der Waals surface area contributed by atoms with Gasteiger partial charge in [-0.25, -0.2) is 0 Å². The van der Waals surface area contributed by atoms with E-state index in [4.69, 9.17) is 0 Å². The third kappa shape index (κ3) is 2.95. The Morgan fingerprint density at radius 2 is 1.89 bits per heavy atom. The van der Waals surface area contributed by atoms with Gasteiger partial charge in [0.15, 0.2) is 5.78 Å². The summed E-state index contributed by atoms with van der Waals surface area (Å²) in [5.41, 5.74) is 1.33. The maximum atomic E-state index is 12.9. The van der Waals surface area contributed by atoms with E-state index in [1.807, 2.05) is 26.8 Å². The molecule has 3 aliphatic carbocycles. The average molecular weight is 385 g/mol. The van der Waals surface area contributed by atoms with Crippen LogP contribution in [0.4, 0.5) is 0 Å². The van der Waals surface area contributed by atoms with Crippen LogP contribution in [0.15, 0.2) is 23.4 Å². The van der Waals surface area contributed by atoms with Crippen molar-refractivity contribution in [2.24, 2.45) is 28.6 Å². The summed E-state index contributed by atoms with van der Waals surface area (Å²) in [6.45, 7) is 11.7. The molecule has 4 nitrogen and oxygen atoms in total. The van der Waals surface area contributed by atoms with Crippen LogP contribution in [0.2, 0.25) is 0 Å². The topological polar surface area (TPSA) is 49.4 Å². The van der Waals surface area contributed by atoms with Crippen molar-refractivity contribution in [3.8, 4) is 0 Å². The van der Waals surface area contributed by atoms with Crippen LogP contribution >= 0.6 is 0 Å². The number of nitrogens with zero attached hydrogens (tertiary/aromatic N) is 1. The second-order valence-electron chi connectivity index (χ2n) is 11.3. The van der Waals surface area contributed by atoms with Crippen molar-refractivity contribution in [2.75, 3.05) is 13.6 Å². The first-order chi connectivity index (χ1) is 12.9. The van der Waals surface area contributed by atoms with Crippen LogP contribution in [-0.2, 0) is 9.59 Å². The summed E-state index contributed by atoms with van der Waals surface area (Å²) >= 11 is 0. The largest absolute Gasteiger partial charge is 0.377 e. The Morgan fingerprint density at radius 3 is 2.57 bits per heavy atom. The molecule has 1 N–H and O–H groups in total. The van der Waals surface area contributed by atoms with Gasteiger partial charge in [0.25, 0.3) is 5.91 Å². The van der Waals surface area contributed by atoms with Crippen molar-refractivity contribution >= 4 is 11.7 Å². The summed E-state index contributed by atoms with van der Waals surface area (Å²) in [4.78, 5) is 28.0. The van der Waals surface area contributed by atoms with Gasteiger partial charge in [0.1, 0.15) is 0 Å². The second-order valence-corrected chi connectivity index (χ2v) is 11.3. The van der Waals surface area contributed by atoms with Gasteiger partial charge < -0.3 is 10.2 Å². The molecule has 5 atom stereocenters. The molecule has 154 valence electrons. The standard InChI is InChI=1S/C24H36N2O2/c1-22(2,3)25-21(28)15-13-24(5)18-9-11-23(4)10-7-8-17(23)16(18)14-26(6)20(24)12-19(15)27/h12-13,16-18H,7-11,14H2,1-6H3,(H,25,28)/t16-,17-,18-,23-,24+/m0/s1. The fourth-order valence-corrected chi connectivity index (χ4v) is 6.90. The predicted octanol–water partition coefficient (Wildman–Crippen LogP) is 4.08. The summed E-state index contributed by atoms with van der Waals surface area (Å²) in [5, 5.41) is 2.99. The zero-order chi connectivity index (χ0) is 20.5. The number of piperidine rings is 1. The molecule has 4 heteroatoms. The molecule has 1 aliphatic heterocycles. The van der Waals surface area contributed by atoms with Crippen LogP contribution in [-0.4, -0.2) is 35.7 Å². The van der Waals surface area contributed by atoms with Gasteiger partial charge in [0.05, 0.1) is 5.57 Å². The molecule has 0 bridgehead atoms. The average Bonchev–Trinajstić information content (AvgIpc) is 2.96. The molecular weight excluding hydrogens is 348 g/mol. The molecule has 28 heavy (non-hydrogen) atoms. The maximum absolute atomic E-state index is 12.9. The highest BCUT2D eigenvalue weighted by Gasteiger charge is 2.57. The van der Waals surface area contributed by atoms with Crippen LogP contribution in [0, 0.1) is 28.6 Å². The Hall–Kier alpha value is -1.58. The molecule has 0 unspecified atom stereocenters. The minimum Gasteiger partial charge on any atom is -0.377 e. The molecule has 0 aromatic carbocycles. The Kier molecular flexibility index (Phi) is 4.37. The van der Waals surface area contributed by atoms with Crippen LogP contribution in [0.5, 0.6) is 0 Å². The van der Waals surface area contributed by atoms with E-state index in [0.29, 0.717) is 22.8 Å². The molecule has 1 amide bonds. The SMILES string of the molecule is CN1C[C@H]2[C@@H]3CCC[C@@]3(C)CC[C@@H]2[C@@]2(C)C=C(C(=O)NC(C)(C)C)C(=O)C=C12. The molecule has 0 aromatic heterocycles. The first kappa shape index (κ1) is 19.7. The van der Waals surface area contributed by atoms with E-state index in [1.54, 1.807) is 6.08 Å². The number of nitrogens with one attached hydrogen (secondary N) is 1. The lowest BCUT2D eigenvalue weighted by molar-refractivity contribution is -0.122. The van der Waals surface area contributed by atoms with E-state index in [-0.39, 0.29) is 22.6 Å². The number of amides is 1. The van der Waals surface area contributed by atoms with E-state index >= 15 is 0 Å². The van der Waals surface area contributed by atoms with E-state index in [9.17, 15) is 9.59 Å². The second kappa shape index (κ2) is 6.21. The number of rotatable bonds is 1. The molecular formula is C24H36N2O2. The summed E-state index contributed by atoms with van der Waals surface area (Å²) in [5.74, 6) is 1.53. The third-order valence-electron chi connectivity index (χ3n) is 8.15. The lowest BCUT2D eigenvalue weighted by atomic mass is 9.51. The highest BCUT2D eigenvalue weighted by atomic mass is 16.2. The van der Waals surface area contributed by atoms with Crippen LogP contribution in [0.3, 0.4) is 0 Å². The Balaban J connectivity index is 1.72. The summed E-state index contributed by atoms with van der Waals surface area (Å²) in [6.07, 6.45) is 10.3. The summed E-state index contributed by atoms with van der Waals surface area (Å²) in [6, 6.07) is 0. The van der Waals surface area contributed by atoms with Gasteiger partial charge in [-0.1, -0.05) is 26.3 Å². The van der Waals surface area contributed by atoms with Crippen molar-refractivity contribution in [1.82, 2.24) is 10.2 Å². The normalized spacial score (nSPS) is 40.1. The van der Waals surface area contributed by atoms with Crippen LogP contribution < -0.4 is 5.32 Å². The minimum absolute atomic E-state index is 0.152. The number of fused-ring (bicyclic) bond motifs is 5. The number of ketones is 1. The smallest absolute Gasteiger partial charge is 0.255 e. The van der Waals surface area contributed by atoms with E-state index in [0.717, 1.165) is 18.2 Å². The Morgan fingerprint density at radius 1 is 1.18 bits per heavy atom. The first-order valence-electron chi connectivity index (χ1n) is 11.0. The molecule has 0 aromatic rings. The molecule has 0 spiro atoms. The predicted molar refractivity (Wildman–Crippen MR) is 111 cm³/mol. The highest BCUT2D eigenvalue weighted by Crippen LogP contribution is 2.63. The van der Waals surface area contributed by atoms with Crippen molar-refractivity contribution in [3.05, 3.63) is 23.4 Å². The van der Waals surface area contributed by atoms with E-state index in [1.165, 1.54) is 32.1 Å². The molecule has 1 saturated heterocycles. The Labute approximate surface area is 169 Å². The zero-order valence-electron chi connectivity index (χ0n) is 18.4. The van der Waals surface area contributed by atoms with Crippen molar-refractivity contribution in [2.45, 2.75) is 72.3 Å². The first-order valence-corrected chi connectivity index (χ1v) is 11.0. The number of hydrogen-bond donors (Lipinski definition) is 1. The fraction of sp³-hybridized carbons (Fsp3) is 0.750. The van der Waals surface area contributed by atoms with Crippen LogP contribution in [0.1, 0.15) is 66.7 Å². The van der Waals surface area contributed by atoms with Gasteiger partial charge in [0, 0.05) is 36.3 Å². The molecule has 4 rings (SSSR count). The van der Waals surface area contributed by atoms with E-state index in [2.05, 4.69) is 31.1 Å². The molecule has 1 heterocycles. The molecule has 3 fully saturated rings. The Bertz CT molecular complexity index is 774. The zero-order valence-corrected chi connectivity index (χ0v) is 18.4. The molecule has 2 saturated carbocycles. The molecule has 0 radical (unpaired) electrons. The monoisotopic (exact) mass is 384 g/mol. The number of hydrogen-bond acceptors (Lipinski definition) is 3. The lowest BCUT2D eigenvalue weighted by Gasteiger charge is -2.58. The van der Waals surface area contributed by atoms with Gasteiger partial charge in [-0.15, -0.1) is 0 Å². The quantitative estimate of drug-likeness (QED) is 0.693. The van der Waals surface area contributed by atoms with Gasteiger partial charge in [-0.3, -0.25) is 9.59 Å². The number of allylic oxidation sites excluding steroid dienone is 2. The van der Waals surface area contributed by atoms with Crippen molar-refractivity contribution in [3.63, 3.8) is 0 Å². The van der Waals surface area contributed by atoms with Crippen LogP contribution in [0.25, 0.3) is 0 Å². The third-order valence-corrected chi connectivity index (χ3v) is 8.15. The van der Waals surface area contributed by atoms with Gasteiger partial charge in [-0.2, -0.15) is 0 Å². The van der Waals surface area contributed by atoms with Gasteiger partial charge in [0.2, 0.25) is 0 Å². The lowest BCUT2D eigenvalue weighted by Crippen LogP contribution is -2.56. The van der Waals surface area contributed by atoms with Crippen molar-refractivity contribution < 1.29 is 9.59 Å². The fourth-order valence-electron chi connectivity index (χ4n) is 6.90. The molecule has 4 aliphatic rings. The summed E-state index contributed by atoms with van der Waals surface area (Å²) in [7, 11) is 2.13.